The third-order valence-corrected chi connectivity index (χ3v) is 3.11. The van der Waals surface area contributed by atoms with Gasteiger partial charge < -0.3 is 14.9 Å². The Hall–Kier alpha value is -2.30. The Labute approximate surface area is 111 Å². The average Bonchev–Trinajstić information content (AvgIpc) is 2.66. The molecule has 0 bridgehead atoms. The summed E-state index contributed by atoms with van der Waals surface area (Å²) in [6.07, 6.45) is 0. The van der Waals surface area contributed by atoms with Crippen molar-refractivity contribution in [3.05, 3.63) is 46.3 Å². The molecule has 1 aromatic heterocycles. The van der Waals surface area contributed by atoms with Gasteiger partial charge in [0, 0.05) is 17.8 Å². The molecule has 5 heteroatoms. The summed E-state index contributed by atoms with van der Waals surface area (Å²) in [5.41, 5.74) is 3.82. The molecule has 0 unspecified atom stereocenters. The van der Waals surface area contributed by atoms with Crippen LogP contribution in [0.1, 0.15) is 32.9 Å². The first-order valence-electron chi connectivity index (χ1n) is 5.98. The molecule has 2 aromatic rings. The van der Waals surface area contributed by atoms with Crippen molar-refractivity contribution in [3.8, 4) is 0 Å². The predicted molar refractivity (Wildman–Crippen MR) is 71.4 cm³/mol. The van der Waals surface area contributed by atoms with Gasteiger partial charge in [-0.2, -0.15) is 0 Å². The molecule has 0 spiro atoms. The Morgan fingerprint density at radius 2 is 2.11 bits per heavy atom. The summed E-state index contributed by atoms with van der Waals surface area (Å²) in [4.78, 5) is 10.9. The second-order valence-corrected chi connectivity index (χ2v) is 4.49. The molecule has 0 saturated heterocycles. The Kier molecular flexibility index (Phi) is 3.55. The molecular formula is C14H16N2O3. The summed E-state index contributed by atoms with van der Waals surface area (Å²) in [5, 5.41) is 16.1. The number of hydrogen-bond donors (Lipinski definition) is 2. The molecule has 0 atom stereocenters. The molecule has 0 saturated carbocycles. The molecule has 1 aromatic carbocycles. The van der Waals surface area contributed by atoms with Crippen LogP contribution >= 0.6 is 0 Å². The number of carboxylic acids is 1. The van der Waals surface area contributed by atoms with Gasteiger partial charge in [-0.3, -0.25) is 0 Å². The summed E-state index contributed by atoms with van der Waals surface area (Å²) >= 11 is 0. The van der Waals surface area contributed by atoms with Crippen molar-refractivity contribution >= 4 is 11.7 Å². The summed E-state index contributed by atoms with van der Waals surface area (Å²) < 4.78 is 5.09. The van der Waals surface area contributed by atoms with Crippen LogP contribution in [0.15, 0.2) is 22.7 Å². The Bertz CT molecular complexity index is 598. The van der Waals surface area contributed by atoms with E-state index in [9.17, 15) is 4.79 Å². The first kappa shape index (κ1) is 13.1. The Balaban J connectivity index is 2.13. The molecule has 5 nitrogen and oxygen atoms in total. The van der Waals surface area contributed by atoms with E-state index in [-0.39, 0.29) is 0 Å². The van der Waals surface area contributed by atoms with Crippen LogP contribution in [-0.4, -0.2) is 16.2 Å². The van der Waals surface area contributed by atoms with Crippen LogP contribution in [0.2, 0.25) is 0 Å². The number of nitrogens with one attached hydrogen (secondary N) is 1. The second-order valence-electron chi connectivity index (χ2n) is 4.49. The van der Waals surface area contributed by atoms with Crippen LogP contribution in [0.25, 0.3) is 0 Å². The minimum atomic E-state index is -0.908. The van der Waals surface area contributed by atoms with Crippen LogP contribution in [0, 0.1) is 20.8 Å². The molecule has 1 heterocycles. The number of hydrogen-bond acceptors (Lipinski definition) is 4. The van der Waals surface area contributed by atoms with E-state index in [0.717, 1.165) is 28.3 Å². The van der Waals surface area contributed by atoms with Crippen molar-refractivity contribution in [2.45, 2.75) is 27.3 Å². The molecule has 0 aliphatic rings. The van der Waals surface area contributed by atoms with Gasteiger partial charge in [0.15, 0.2) is 0 Å². The largest absolute Gasteiger partial charge is 0.478 e. The molecular weight excluding hydrogens is 244 g/mol. The highest BCUT2D eigenvalue weighted by Gasteiger charge is 2.10. The summed E-state index contributed by atoms with van der Waals surface area (Å²) in [6, 6.07) is 5.18. The van der Waals surface area contributed by atoms with Crippen molar-refractivity contribution in [2.75, 3.05) is 5.32 Å². The van der Waals surface area contributed by atoms with Gasteiger partial charge in [0.25, 0.3) is 0 Å². The van der Waals surface area contributed by atoms with Gasteiger partial charge in [0.1, 0.15) is 5.76 Å². The topological polar surface area (TPSA) is 75.4 Å². The van der Waals surface area contributed by atoms with Gasteiger partial charge in [-0.1, -0.05) is 5.16 Å². The fourth-order valence-electron chi connectivity index (χ4n) is 1.96. The number of aromatic carboxylic acids is 1. The monoisotopic (exact) mass is 260 g/mol. The van der Waals surface area contributed by atoms with E-state index in [0.29, 0.717) is 12.1 Å². The Morgan fingerprint density at radius 1 is 1.37 bits per heavy atom. The number of rotatable bonds is 4. The summed E-state index contributed by atoms with van der Waals surface area (Å²) in [5.74, 6) is -0.112. The van der Waals surface area contributed by atoms with E-state index in [1.807, 2.05) is 19.9 Å². The van der Waals surface area contributed by atoms with Crippen molar-refractivity contribution in [3.63, 3.8) is 0 Å². The first-order valence-corrected chi connectivity index (χ1v) is 5.98. The van der Waals surface area contributed by atoms with Crippen LogP contribution in [0.3, 0.4) is 0 Å². The standard InChI is InChI=1S/C14H16N2O3/c1-8-6-11(4-5-12(8)14(17)18)15-7-13-9(2)16-19-10(13)3/h4-6,15H,7H2,1-3H3,(H,17,18). The molecule has 0 fully saturated rings. The van der Waals surface area contributed by atoms with Gasteiger partial charge in [-0.05, 0) is 44.5 Å². The fourth-order valence-corrected chi connectivity index (χ4v) is 1.96. The van der Waals surface area contributed by atoms with E-state index >= 15 is 0 Å². The Morgan fingerprint density at radius 3 is 2.63 bits per heavy atom. The van der Waals surface area contributed by atoms with Gasteiger partial charge in [-0.25, -0.2) is 4.79 Å². The van der Waals surface area contributed by atoms with Crippen molar-refractivity contribution in [1.29, 1.82) is 0 Å². The number of aromatic nitrogens is 1. The smallest absolute Gasteiger partial charge is 0.335 e. The number of carboxylic acid groups (broad SMARTS) is 1. The lowest BCUT2D eigenvalue weighted by Gasteiger charge is -2.08. The number of benzene rings is 1. The number of nitrogens with zero attached hydrogens (tertiary/aromatic N) is 1. The maximum absolute atomic E-state index is 10.9. The zero-order chi connectivity index (χ0) is 14.0. The van der Waals surface area contributed by atoms with Crippen molar-refractivity contribution in [1.82, 2.24) is 5.16 Å². The van der Waals surface area contributed by atoms with Crippen LogP contribution in [0.5, 0.6) is 0 Å². The average molecular weight is 260 g/mol. The molecule has 19 heavy (non-hydrogen) atoms. The maximum Gasteiger partial charge on any atom is 0.335 e. The van der Waals surface area contributed by atoms with Gasteiger partial charge in [0.2, 0.25) is 0 Å². The second kappa shape index (κ2) is 5.14. The minimum absolute atomic E-state index is 0.322. The maximum atomic E-state index is 10.9. The summed E-state index contributed by atoms with van der Waals surface area (Å²) in [6.45, 7) is 6.15. The molecule has 100 valence electrons. The number of anilines is 1. The van der Waals surface area contributed by atoms with E-state index in [1.165, 1.54) is 0 Å². The van der Waals surface area contributed by atoms with Crippen LogP contribution in [0.4, 0.5) is 5.69 Å². The zero-order valence-corrected chi connectivity index (χ0v) is 11.2. The van der Waals surface area contributed by atoms with E-state index in [1.54, 1.807) is 19.1 Å². The van der Waals surface area contributed by atoms with E-state index < -0.39 is 5.97 Å². The predicted octanol–water partition coefficient (Wildman–Crippen LogP) is 2.91. The highest BCUT2D eigenvalue weighted by Crippen LogP contribution is 2.18. The molecule has 0 aliphatic heterocycles. The summed E-state index contributed by atoms with van der Waals surface area (Å²) in [7, 11) is 0. The zero-order valence-electron chi connectivity index (χ0n) is 11.2. The lowest BCUT2D eigenvalue weighted by Crippen LogP contribution is -2.04. The van der Waals surface area contributed by atoms with Gasteiger partial charge >= 0.3 is 5.97 Å². The third kappa shape index (κ3) is 2.76. The normalized spacial score (nSPS) is 10.5. The third-order valence-electron chi connectivity index (χ3n) is 3.11. The molecule has 2 rings (SSSR count). The van der Waals surface area contributed by atoms with E-state index in [4.69, 9.17) is 9.63 Å². The molecule has 2 N–H and O–H groups in total. The highest BCUT2D eigenvalue weighted by atomic mass is 16.5. The molecule has 0 radical (unpaired) electrons. The van der Waals surface area contributed by atoms with Crippen molar-refractivity contribution in [2.24, 2.45) is 0 Å². The molecule has 0 amide bonds. The van der Waals surface area contributed by atoms with Crippen molar-refractivity contribution < 1.29 is 14.4 Å². The van der Waals surface area contributed by atoms with Crippen LogP contribution in [-0.2, 0) is 6.54 Å². The lowest BCUT2D eigenvalue weighted by atomic mass is 10.1. The SMILES string of the molecule is Cc1cc(NCc2c(C)noc2C)ccc1C(=O)O. The highest BCUT2D eigenvalue weighted by molar-refractivity contribution is 5.89. The number of carbonyl (C=O) groups is 1. The number of aryl methyl sites for hydroxylation is 3. The van der Waals surface area contributed by atoms with Gasteiger partial charge in [0.05, 0.1) is 11.3 Å². The quantitative estimate of drug-likeness (QED) is 0.884. The fraction of sp³-hybridized carbons (Fsp3) is 0.286. The van der Waals surface area contributed by atoms with E-state index in [2.05, 4.69) is 10.5 Å². The molecule has 0 aliphatic carbocycles. The minimum Gasteiger partial charge on any atom is -0.478 e. The first-order chi connectivity index (χ1) is 8.99. The van der Waals surface area contributed by atoms with Crippen LogP contribution < -0.4 is 5.32 Å². The van der Waals surface area contributed by atoms with Gasteiger partial charge in [-0.15, -0.1) is 0 Å². The lowest BCUT2D eigenvalue weighted by molar-refractivity contribution is 0.0696.